The SMILES string of the molecule is O=C(Nc1cccc(C(F)(F)F)c1)Nc1cnc(Oc2ccnc(NC(=O)C3CC3)c2)c(F)c1. The molecule has 3 amide bonds. The maximum Gasteiger partial charge on any atom is 0.416 e. The number of nitrogens with zero attached hydrogens (tertiary/aromatic N) is 2. The van der Waals surface area contributed by atoms with Gasteiger partial charge in [-0.15, -0.1) is 0 Å². The lowest BCUT2D eigenvalue weighted by atomic mass is 10.2. The summed E-state index contributed by atoms with van der Waals surface area (Å²) in [7, 11) is 0. The molecule has 3 aromatic rings. The fourth-order valence-corrected chi connectivity index (χ4v) is 2.86. The first-order valence-corrected chi connectivity index (χ1v) is 10.0. The molecule has 0 radical (unpaired) electrons. The minimum Gasteiger partial charge on any atom is -0.436 e. The van der Waals surface area contributed by atoms with E-state index in [0.717, 1.165) is 43.3 Å². The van der Waals surface area contributed by atoms with Gasteiger partial charge in [-0.05, 0) is 37.1 Å². The van der Waals surface area contributed by atoms with Crippen LogP contribution < -0.4 is 20.7 Å². The number of aromatic nitrogens is 2. The number of carbonyl (C=O) groups excluding carboxylic acids is 2. The summed E-state index contributed by atoms with van der Waals surface area (Å²) < 4.78 is 58.2. The molecule has 34 heavy (non-hydrogen) atoms. The first kappa shape index (κ1) is 23.0. The fraction of sp³-hybridized carbons (Fsp3) is 0.182. The molecule has 1 aliphatic carbocycles. The molecule has 0 aliphatic heterocycles. The number of carbonyl (C=O) groups is 2. The molecule has 8 nitrogen and oxygen atoms in total. The van der Waals surface area contributed by atoms with Crippen molar-refractivity contribution < 1.29 is 31.9 Å². The second-order valence-electron chi connectivity index (χ2n) is 7.41. The Kier molecular flexibility index (Phi) is 6.30. The van der Waals surface area contributed by atoms with Crippen LogP contribution in [-0.4, -0.2) is 21.9 Å². The average Bonchev–Trinajstić information content (AvgIpc) is 3.61. The highest BCUT2D eigenvalue weighted by molar-refractivity contribution is 5.99. The zero-order valence-electron chi connectivity index (χ0n) is 17.3. The third-order valence-corrected chi connectivity index (χ3v) is 4.66. The van der Waals surface area contributed by atoms with Crippen LogP contribution in [-0.2, 0) is 11.0 Å². The summed E-state index contributed by atoms with van der Waals surface area (Å²) in [5, 5.41) is 7.16. The molecule has 12 heteroatoms. The van der Waals surface area contributed by atoms with E-state index in [-0.39, 0.29) is 34.8 Å². The first-order valence-electron chi connectivity index (χ1n) is 10.0. The van der Waals surface area contributed by atoms with Crippen LogP contribution >= 0.6 is 0 Å². The summed E-state index contributed by atoms with van der Waals surface area (Å²) in [4.78, 5) is 31.8. The molecule has 1 fully saturated rings. The number of nitrogens with one attached hydrogen (secondary N) is 3. The number of rotatable bonds is 6. The molecule has 0 saturated heterocycles. The van der Waals surface area contributed by atoms with Gasteiger partial charge in [-0.2, -0.15) is 13.2 Å². The van der Waals surface area contributed by atoms with Crippen LogP contribution in [0.4, 0.5) is 39.5 Å². The van der Waals surface area contributed by atoms with Gasteiger partial charge in [0.1, 0.15) is 11.6 Å². The van der Waals surface area contributed by atoms with Gasteiger partial charge in [0.25, 0.3) is 5.88 Å². The molecule has 0 unspecified atom stereocenters. The number of ether oxygens (including phenoxy) is 1. The summed E-state index contributed by atoms with van der Waals surface area (Å²) in [5.41, 5.74) is -1.07. The number of urea groups is 1. The molecule has 176 valence electrons. The van der Waals surface area contributed by atoms with Gasteiger partial charge in [0, 0.05) is 29.9 Å². The number of hydrogen-bond acceptors (Lipinski definition) is 5. The zero-order chi connectivity index (χ0) is 24.3. The zero-order valence-corrected chi connectivity index (χ0v) is 17.3. The minimum absolute atomic E-state index is 0.0173. The first-order chi connectivity index (χ1) is 16.2. The van der Waals surface area contributed by atoms with Gasteiger partial charge in [0.15, 0.2) is 5.82 Å². The number of benzene rings is 1. The van der Waals surface area contributed by atoms with Crippen LogP contribution in [0.2, 0.25) is 0 Å². The van der Waals surface area contributed by atoms with Gasteiger partial charge in [-0.25, -0.2) is 19.2 Å². The van der Waals surface area contributed by atoms with Gasteiger partial charge >= 0.3 is 12.2 Å². The van der Waals surface area contributed by atoms with Crippen LogP contribution in [0.1, 0.15) is 18.4 Å². The maximum absolute atomic E-state index is 14.5. The van der Waals surface area contributed by atoms with E-state index < -0.39 is 29.5 Å². The van der Waals surface area contributed by atoms with Crippen molar-refractivity contribution in [2.75, 3.05) is 16.0 Å². The molecule has 1 saturated carbocycles. The van der Waals surface area contributed by atoms with Crippen molar-refractivity contribution >= 4 is 29.1 Å². The highest BCUT2D eigenvalue weighted by atomic mass is 19.4. The highest BCUT2D eigenvalue weighted by Crippen LogP contribution is 2.32. The minimum atomic E-state index is -4.56. The Hall–Kier alpha value is -4.22. The Bertz CT molecular complexity index is 1230. The van der Waals surface area contributed by atoms with Crippen molar-refractivity contribution in [3.05, 3.63) is 66.2 Å². The standard InChI is InChI=1S/C22H17F4N5O3/c23-17-9-15(30-21(33)29-14-3-1-2-13(8-14)22(24,25)26)11-28-20(17)34-16-6-7-27-18(10-16)31-19(32)12-4-5-12/h1-3,6-12H,4-5H2,(H,27,31,32)(H2,29,30,33). The summed E-state index contributed by atoms with van der Waals surface area (Å²) in [6.07, 6.45) is -0.411. The van der Waals surface area contributed by atoms with E-state index in [1.54, 1.807) is 0 Å². The normalized spacial score (nSPS) is 13.2. The summed E-state index contributed by atoms with van der Waals surface area (Å²) >= 11 is 0. The quantitative estimate of drug-likeness (QED) is 0.413. The summed E-state index contributed by atoms with van der Waals surface area (Å²) in [6, 6.07) is 6.97. The van der Waals surface area contributed by atoms with E-state index in [2.05, 4.69) is 25.9 Å². The highest BCUT2D eigenvalue weighted by Gasteiger charge is 2.31. The van der Waals surface area contributed by atoms with Crippen LogP contribution in [0, 0.1) is 11.7 Å². The largest absolute Gasteiger partial charge is 0.436 e. The predicted octanol–water partition coefficient (Wildman–Crippen LogP) is 5.42. The van der Waals surface area contributed by atoms with Crippen LogP contribution in [0.15, 0.2) is 54.9 Å². The van der Waals surface area contributed by atoms with Crippen molar-refractivity contribution in [2.24, 2.45) is 5.92 Å². The Morgan fingerprint density at radius 3 is 2.44 bits per heavy atom. The van der Waals surface area contributed by atoms with Crippen molar-refractivity contribution in [1.82, 2.24) is 9.97 Å². The number of pyridine rings is 2. The van der Waals surface area contributed by atoms with Crippen molar-refractivity contribution in [1.29, 1.82) is 0 Å². The summed E-state index contributed by atoms with van der Waals surface area (Å²) in [5.74, 6) is -1.04. The molecular formula is C22H17F4N5O3. The monoisotopic (exact) mass is 475 g/mol. The number of alkyl halides is 3. The number of amides is 3. The van der Waals surface area contributed by atoms with E-state index in [4.69, 9.17) is 4.74 Å². The van der Waals surface area contributed by atoms with Crippen molar-refractivity contribution in [3.8, 4) is 11.6 Å². The fourth-order valence-electron chi connectivity index (χ4n) is 2.86. The van der Waals surface area contributed by atoms with Crippen molar-refractivity contribution in [2.45, 2.75) is 19.0 Å². The number of halogens is 4. The molecule has 2 heterocycles. The van der Waals surface area contributed by atoms with Crippen molar-refractivity contribution in [3.63, 3.8) is 0 Å². The Balaban J connectivity index is 1.38. The molecule has 0 bridgehead atoms. The van der Waals surface area contributed by atoms with Gasteiger partial charge in [0.05, 0.1) is 17.4 Å². The van der Waals surface area contributed by atoms with E-state index in [9.17, 15) is 27.2 Å². The third-order valence-electron chi connectivity index (χ3n) is 4.66. The smallest absolute Gasteiger partial charge is 0.416 e. The molecule has 3 N–H and O–H groups in total. The molecule has 2 aromatic heterocycles. The Labute approximate surface area is 190 Å². The van der Waals surface area contributed by atoms with E-state index in [1.807, 2.05) is 0 Å². The summed E-state index contributed by atoms with van der Waals surface area (Å²) in [6.45, 7) is 0. The van der Waals surface area contributed by atoms with Crippen LogP contribution in [0.25, 0.3) is 0 Å². The Morgan fingerprint density at radius 2 is 1.74 bits per heavy atom. The van der Waals surface area contributed by atoms with Gasteiger partial charge in [-0.3, -0.25) is 4.79 Å². The lowest BCUT2D eigenvalue weighted by Gasteiger charge is -2.11. The predicted molar refractivity (Wildman–Crippen MR) is 114 cm³/mol. The average molecular weight is 475 g/mol. The van der Waals surface area contributed by atoms with Gasteiger partial charge in [0.2, 0.25) is 5.91 Å². The van der Waals surface area contributed by atoms with E-state index in [1.165, 1.54) is 24.4 Å². The second-order valence-corrected chi connectivity index (χ2v) is 7.41. The second kappa shape index (κ2) is 9.33. The lowest BCUT2D eigenvalue weighted by molar-refractivity contribution is -0.137. The van der Waals surface area contributed by atoms with E-state index >= 15 is 0 Å². The number of anilines is 3. The van der Waals surface area contributed by atoms with Gasteiger partial charge in [-0.1, -0.05) is 6.07 Å². The maximum atomic E-state index is 14.5. The van der Waals surface area contributed by atoms with E-state index in [0.29, 0.717) is 0 Å². The molecular weight excluding hydrogens is 458 g/mol. The lowest BCUT2D eigenvalue weighted by Crippen LogP contribution is -2.20. The number of hydrogen-bond donors (Lipinski definition) is 3. The Morgan fingerprint density at radius 1 is 0.971 bits per heavy atom. The molecule has 1 aliphatic rings. The molecule has 0 atom stereocenters. The molecule has 1 aromatic carbocycles. The topological polar surface area (TPSA) is 105 Å². The van der Waals surface area contributed by atoms with Gasteiger partial charge < -0.3 is 20.7 Å². The van der Waals surface area contributed by atoms with Crippen LogP contribution in [0.5, 0.6) is 11.6 Å². The third kappa shape index (κ3) is 5.97. The molecule has 4 rings (SSSR count). The van der Waals surface area contributed by atoms with Crippen LogP contribution in [0.3, 0.4) is 0 Å². The molecule has 0 spiro atoms.